The molecule has 1 N–H and O–H groups in total. The highest BCUT2D eigenvalue weighted by molar-refractivity contribution is 5.90. The van der Waals surface area contributed by atoms with Crippen LogP contribution < -0.4 is 0 Å². The Hall–Kier alpha value is -3.80. The Bertz CT molecular complexity index is 1250. The molecule has 0 radical (unpaired) electrons. The van der Waals surface area contributed by atoms with E-state index in [0.29, 0.717) is 0 Å². The maximum Gasteiger partial charge on any atom is 0.141 e. The number of rotatable bonds is 5. The molecule has 6 nitrogen and oxygen atoms in total. The number of benzene rings is 1. The van der Waals surface area contributed by atoms with E-state index in [0.717, 1.165) is 45.4 Å². The van der Waals surface area contributed by atoms with E-state index in [2.05, 4.69) is 56.4 Å². The van der Waals surface area contributed by atoms with Crippen molar-refractivity contribution in [3.05, 3.63) is 85.3 Å². The SMILES string of the molecule is CCC(c1cncc(-c2ccccc2)c1)n1cc(-c2ncnc3[nH]ccc23)cn1. The zero-order valence-electron chi connectivity index (χ0n) is 16.0. The second-order valence-corrected chi connectivity index (χ2v) is 6.97. The van der Waals surface area contributed by atoms with Gasteiger partial charge in [-0.1, -0.05) is 37.3 Å². The smallest absolute Gasteiger partial charge is 0.141 e. The molecule has 6 heteroatoms. The number of nitrogens with zero attached hydrogens (tertiary/aromatic N) is 5. The van der Waals surface area contributed by atoms with Crippen molar-refractivity contribution in [3.63, 3.8) is 0 Å². The first-order chi connectivity index (χ1) is 14.3. The molecule has 0 amide bonds. The number of hydrogen-bond acceptors (Lipinski definition) is 4. The normalized spacial score (nSPS) is 12.3. The molecule has 0 saturated heterocycles. The van der Waals surface area contributed by atoms with Gasteiger partial charge in [-0.3, -0.25) is 9.67 Å². The summed E-state index contributed by atoms with van der Waals surface area (Å²) in [6, 6.07) is 14.6. The summed E-state index contributed by atoms with van der Waals surface area (Å²) in [5, 5.41) is 5.65. The molecule has 1 aromatic carbocycles. The Morgan fingerprint density at radius 3 is 2.72 bits per heavy atom. The van der Waals surface area contributed by atoms with E-state index in [1.54, 1.807) is 6.33 Å². The highest BCUT2D eigenvalue weighted by atomic mass is 15.3. The van der Waals surface area contributed by atoms with Gasteiger partial charge in [-0.2, -0.15) is 5.10 Å². The number of aromatic amines is 1. The molecule has 5 aromatic rings. The van der Waals surface area contributed by atoms with Gasteiger partial charge in [0.15, 0.2) is 0 Å². The topological polar surface area (TPSA) is 72.3 Å². The fourth-order valence-electron chi connectivity index (χ4n) is 3.74. The number of hydrogen-bond donors (Lipinski definition) is 1. The van der Waals surface area contributed by atoms with E-state index in [9.17, 15) is 0 Å². The second-order valence-electron chi connectivity index (χ2n) is 6.97. The van der Waals surface area contributed by atoms with Crippen molar-refractivity contribution < 1.29 is 0 Å². The molecule has 29 heavy (non-hydrogen) atoms. The predicted octanol–water partition coefficient (Wildman–Crippen LogP) is 4.88. The summed E-state index contributed by atoms with van der Waals surface area (Å²) in [5.41, 5.74) is 6.09. The van der Waals surface area contributed by atoms with E-state index in [4.69, 9.17) is 0 Å². The average molecular weight is 380 g/mol. The Kier molecular flexibility index (Phi) is 4.37. The van der Waals surface area contributed by atoms with Crippen LogP contribution in [0.25, 0.3) is 33.4 Å². The summed E-state index contributed by atoms with van der Waals surface area (Å²) in [5.74, 6) is 0. The van der Waals surface area contributed by atoms with Gasteiger partial charge in [-0.05, 0) is 29.7 Å². The molecule has 0 fully saturated rings. The highest BCUT2D eigenvalue weighted by Crippen LogP contribution is 2.29. The van der Waals surface area contributed by atoms with Crippen molar-refractivity contribution in [3.8, 4) is 22.4 Å². The van der Waals surface area contributed by atoms with Gasteiger partial charge in [0.2, 0.25) is 0 Å². The summed E-state index contributed by atoms with van der Waals surface area (Å²) in [7, 11) is 0. The van der Waals surface area contributed by atoms with E-state index >= 15 is 0 Å². The van der Waals surface area contributed by atoms with Gasteiger partial charge in [0.1, 0.15) is 12.0 Å². The van der Waals surface area contributed by atoms with Gasteiger partial charge >= 0.3 is 0 Å². The van der Waals surface area contributed by atoms with Gasteiger partial charge in [0.25, 0.3) is 0 Å². The predicted molar refractivity (Wildman–Crippen MR) is 113 cm³/mol. The first-order valence-electron chi connectivity index (χ1n) is 9.66. The summed E-state index contributed by atoms with van der Waals surface area (Å²) in [4.78, 5) is 16.4. The number of fused-ring (bicyclic) bond motifs is 1. The lowest BCUT2D eigenvalue weighted by molar-refractivity contribution is 0.508. The summed E-state index contributed by atoms with van der Waals surface area (Å²) in [6.07, 6.45) is 12.1. The molecule has 0 bridgehead atoms. The zero-order chi connectivity index (χ0) is 19.6. The van der Waals surface area contributed by atoms with Crippen LogP contribution in [0.2, 0.25) is 0 Å². The van der Waals surface area contributed by atoms with Crippen LogP contribution in [0.5, 0.6) is 0 Å². The van der Waals surface area contributed by atoms with E-state index < -0.39 is 0 Å². The number of pyridine rings is 1. The van der Waals surface area contributed by atoms with Crippen LogP contribution in [0.1, 0.15) is 24.9 Å². The fourth-order valence-corrected chi connectivity index (χ4v) is 3.74. The third kappa shape index (κ3) is 3.18. The molecule has 0 spiro atoms. The second kappa shape index (κ2) is 7.31. The molecule has 0 aliphatic carbocycles. The number of nitrogens with one attached hydrogen (secondary N) is 1. The zero-order valence-corrected chi connectivity index (χ0v) is 16.0. The van der Waals surface area contributed by atoms with Gasteiger partial charge in [-0.15, -0.1) is 0 Å². The highest BCUT2D eigenvalue weighted by Gasteiger charge is 2.16. The lowest BCUT2D eigenvalue weighted by Gasteiger charge is -2.16. The van der Waals surface area contributed by atoms with Crippen LogP contribution in [-0.4, -0.2) is 29.7 Å². The third-order valence-electron chi connectivity index (χ3n) is 5.19. The van der Waals surface area contributed by atoms with Crippen molar-refractivity contribution in [1.82, 2.24) is 29.7 Å². The first kappa shape index (κ1) is 17.3. The minimum absolute atomic E-state index is 0.100. The van der Waals surface area contributed by atoms with Crippen LogP contribution in [0.15, 0.2) is 79.8 Å². The average Bonchev–Trinajstić information content (AvgIpc) is 3.45. The Balaban J connectivity index is 1.52. The standard InChI is InChI=1S/C23H20N6/c1-2-21(18-10-17(11-24-12-18)16-6-4-3-5-7-16)29-14-19(13-28-29)22-20-8-9-25-23(20)27-15-26-22/h3-15,21H,2H2,1H3,(H,25,26,27). The largest absolute Gasteiger partial charge is 0.346 e. The van der Waals surface area contributed by atoms with Crippen molar-refractivity contribution in [2.45, 2.75) is 19.4 Å². The quantitative estimate of drug-likeness (QED) is 0.471. The molecule has 0 aliphatic heterocycles. The summed E-state index contributed by atoms with van der Waals surface area (Å²) >= 11 is 0. The molecule has 4 heterocycles. The van der Waals surface area contributed by atoms with Crippen LogP contribution in [-0.2, 0) is 0 Å². The van der Waals surface area contributed by atoms with Crippen molar-refractivity contribution in [2.24, 2.45) is 0 Å². The maximum atomic E-state index is 4.65. The molecule has 1 unspecified atom stereocenters. The number of aromatic nitrogens is 6. The van der Waals surface area contributed by atoms with E-state index in [-0.39, 0.29) is 6.04 Å². The van der Waals surface area contributed by atoms with Gasteiger partial charge in [0.05, 0.1) is 17.9 Å². The minimum Gasteiger partial charge on any atom is -0.346 e. The summed E-state index contributed by atoms with van der Waals surface area (Å²) < 4.78 is 2.00. The minimum atomic E-state index is 0.100. The van der Waals surface area contributed by atoms with Gasteiger partial charge < -0.3 is 4.98 Å². The van der Waals surface area contributed by atoms with Crippen molar-refractivity contribution >= 4 is 11.0 Å². The Labute approximate surface area is 168 Å². The lowest BCUT2D eigenvalue weighted by atomic mass is 10.0. The van der Waals surface area contributed by atoms with Gasteiger partial charge in [0, 0.05) is 41.3 Å². The Morgan fingerprint density at radius 1 is 0.966 bits per heavy atom. The number of H-pyrrole nitrogens is 1. The van der Waals surface area contributed by atoms with E-state index in [1.807, 2.05) is 53.7 Å². The summed E-state index contributed by atoms with van der Waals surface area (Å²) in [6.45, 7) is 2.16. The molecule has 1 atom stereocenters. The molecule has 5 rings (SSSR count). The van der Waals surface area contributed by atoms with Gasteiger partial charge in [-0.25, -0.2) is 9.97 Å². The molecule has 142 valence electrons. The molecular formula is C23H20N6. The Morgan fingerprint density at radius 2 is 1.86 bits per heavy atom. The van der Waals surface area contributed by atoms with Crippen LogP contribution in [0.3, 0.4) is 0 Å². The third-order valence-corrected chi connectivity index (χ3v) is 5.19. The fraction of sp³-hybridized carbons (Fsp3) is 0.130. The van der Waals surface area contributed by atoms with Crippen LogP contribution in [0.4, 0.5) is 0 Å². The monoisotopic (exact) mass is 380 g/mol. The maximum absolute atomic E-state index is 4.65. The van der Waals surface area contributed by atoms with Crippen LogP contribution in [0, 0.1) is 0 Å². The van der Waals surface area contributed by atoms with E-state index in [1.165, 1.54) is 0 Å². The molecular weight excluding hydrogens is 360 g/mol. The van der Waals surface area contributed by atoms with Crippen molar-refractivity contribution in [2.75, 3.05) is 0 Å². The lowest BCUT2D eigenvalue weighted by Crippen LogP contribution is -2.10. The first-order valence-corrected chi connectivity index (χ1v) is 9.66. The molecule has 0 saturated carbocycles. The van der Waals surface area contributed by atoms with Crippen LogP contribution >= 0.6 is 0 Å². The van der Waals surface area contributed by atoms with Crippen molar-refractivity contribution in [1.29, 1.82) is 0 Å². The molecule has 0 aliphatic rings. The molecule has 4 aromatic heterocycles.